The van der Waals surface area contributed by atoms with E-state index in [2.05, 4.69) is 6.07 Å². The molecule has 6 heteroatoms. The van der Waals surface area contributed by atoms with Gasteiger partial charge in [0.2, 0.25) is 5.91 Å². The molecule has 1 aliphatic rings. The van der Waals surface area contributed by atoms with E-state index in [0.29, 0.717) is 25.1 Å². The summed E-state index contributed by atoms with van der Waals surface area (Å²) in [5, 5.41) is 10.4. The first kappa shape index (κ1) is 25.8. The number of ether oxygens (including phenoxy) is 1. The largest absolute Gasteiger partial charge is 0.488 e. The fourth-order valence-corrected chi connectivity index (χ4v) is 4.77. The number of halogens is 2. The number of aliphatic hydroxyl groups is 1. The third-order valence-corrected chi connectivity index (χ3v) is 7.03. The maximum atomic E-state index is 13.8. The fraction of sp³-hybridized carbons (Fsp3) is 0.367. The molecule has 0 saturated heterocycles. The van der Waals surface area contributed by atoms with Gasteiger partial charge in [0.05, 0.1) is 12.5 Å². The zero-order chi connectivity index (χ0) is 25.9. The van der Waals surface area contributed by atoms with Gasteiger partial charge in [-0.2, -0.15) is 0 Å². The van der Waals surface area contributed by atoms with Crippen molar-refractivity contribution in [3.63, 3.8) is 0 Å². The van der Waals surface area contributed by atoms with E-state index in [1.165, 1.54) is 6.07 Å². The summed E-state index contributed by atoms with van der Waals surface area (Å²) in [5.74, 6) is 0.287. The molecule has 4 rings (SSSR count). The normalized spacial score (nSPS) is 16.7. The molecule has 2 atom stereocenters. The first-order chi connectivity index (χ1) is 17.3. The number of amides is 1. The van der Waals surface area contributed by atoms with E-state index in [-0.39, 0.29) is 17.6 Å². The molecule has 1 amide bonds. The van der Waals surface area contributed by atoms with Gasteiger partial charge in [0, 0.05) is 5.69 Å². The van der Waals surface area contributed by atoms with Gasteiger partial charge in [-0.05, 0) is 68.0 Å². The number of rotatable bonds is 7. The Balaban J connectivity index is 1.71. The van der Waals surface area contributed by atoms with Gasteiger partial charge in [0.25, 0.3) is 0 Å². The maximum absolute atomic E-state index is 13.8. The van der Waals surface area contributed by atoms with Gasteiger partial charge < -0.3 is 14.7 Å². The van der Waals surface area contributed by atoms with Crippen LogP contribution in [0.15, 0.2) is 66.7 Å². The summed E-state index contributed by atoms with van der Waals surface area (Å²) in [6.45, 7) is 3.78. The van der Waals surface area contributed by atoms with E-state index >= 15 is 0 Å². The van der Waals surface area contributed by atoms with Gasteiger partial charge in [-0.25, -0.2) is 8.78 Å². The van der Waals surface area contributed by atoms with Crippen molar-refractivity contribution in [1.29, 1.82) is 0 Å². The highest BCUT2D eigenvalue weighted by Gasteiger charge is 2.34. The Hall–Kier alpha value is -3.25. The number of carbonyl (C=O) groups is 1. The third-order valence-electron chi connectivity index (χ3n) is 7.03. The van der Waals surface area contributed by atoms with Crippen LogP contribution < -0.4 is 9.64 Å². The van der Waals surface area contributed by atoms with Gasteiger partial charge >= 0.3 is 0 Å². The molecule has 0 aliphatic carbocycles. The minimum atomic E-state index is -2.19. The Morgan fingerprint density at radius 2 is 1.81 bits per heavy atom. The topological polar surface area (TPSA) is 49.8 Å². The smallest absolute Gasteiger partial charge is 0.234 e. The predicted octanol–water partition coefficient (Wildman–Crippen LogP) is 5.96. The lowest BCUT2D eigenvalue weighted by molar-refractivity contribution is -0.120. The molecule has 0 aromatic heterocycles. The van der Waals surface area contributed by atoms with E-state index in [1.54, 1.807) is 17.0 Å². The third kappa shape index (κ3) is 5.29. The summed E-state index contributed by atoms with van der Waals surface area (Å²) >= 11 is 0. The van der Waals surface area contributed by atoms with E-state index < -0.39 is 24.9 Å². The lowest BCUT2D eigenvalue weighted by Crippen LogP contribution is -2.41. The van der Waals surface area contributed by atoms with Crippen LogP contribution in [0.4, 0.5) is 14.5 Å². The Kier molecular flexibility index (Phi) is 7.74. The molecular weight excluding hydrogens is 460 g/mol. The zero-order valence-electron chi connectivity index (χ0n) is 21.0. The molecule has 0 saturated carbocycles. The number of hydrogen-bond donors (Lipinski definition) is 1. The number of benzene rings is 3. The lowest BCUT2D eigenvalue weighted by Gasteiger charge is -2.30. The number of carbonyl (C=O) groups excluding carboxylic acids is 1. The number of alkyl halides is 2. The quantitative estimate of drug-likeness (QED) is 0.442. The van der Waals surface area contributed by atoms with Gasteiger partial charge in [0.15, 0.2) is 0 Å². The molecule has 0 spiro atoms. The van der Waals surface area contributed by atoms with Crippen LogP contribution in [-0.2, 0) is 16.8 Å². The molecule has 36 heavy (non-hydrogen) atoms. The van der Waals surface area contributed by atoms with Crippen molar-refractivity contribution < 1.29 is 23.4 Å². The van der Waals surface area contributed by atoms with Gasteiger partial charge in [-0.15, -0.1) is 0 Å². The van der Waals surface area contributed by atoms with Crippen LogP contribution in [0.25, 0.3) is 0 Å². The van der Waals surface area contributed by atoms with E-state index in [4.69, 9.17) is 4.74 Å². The highest BCUT2D eigenvalue weighted by Crippen LogP contribution is 2.35. The first-order valence-electron chi connectivity index (χ1n) is 12.3. The number of nitrogens with zero attached hydrogens (tertiary/aromatic N) is 1. The van der Waals surface area contributed by atoms with Crippen LogP contribution in [0.3, 0.4) is 0 Å². The van der Waals surface area contributed by atoms with E-state index in [9.17, 15) is 18.7 Å². The number of aryl methyl sites for hydroxylation is 3. The van der Waals surface area contributed by atoms with Gasteiger partial charge in [-0.1, -0.05) is 60.2 Å². The number of hydrogen-bond acceptors (Lipinski definition) is 3. The second kappa shape index (κ2) is 10.8. The number of fused-ring (bicyclic) bond motifs is 1. The van der Waals surface area contributed by atoms with Crippen LogP contribution >= 0.6 is 0 Å². The van der Waals surface area contributed by atoms with Gasteiger partial charge in [0.1, 0.15) is 30.8 Å². The number of anilines is 1. The van der Waals surface area contributed by atoms with Crippen molar-refractivity contribution in [2.75, 3.05) is 24.8 Å². The average Bonchev–Trinajstić information content (AvgIpc) is 3.08. The second-order valence-corrected chi connectivity index (χ2v) is 9.77. The Morgan fingerprint density at radius 1 is 1.08 bits per heavy atom. The summed E-state index contributed by atoms with van der Waals surface area (Å²) in [7, 11) is 0. The standard InChI is InChI=1S/C30H33F2NO3/c1-20-9-14-28(21(2)15-20)36-26-12-10-24-16-25(30(35,18-31)19-32)11-13-27(24)33(17-26)29(34)22(3)23-7-5-4-6-8-23/h4-9,11,13-16,22,26,35H,10,12,17-19H2,1-3H3/t22-,26-/m0/s1. The maximum Gasteiger partial charge on any atom is 0.234 e. The van der Waals surface area contributed by atoms with Crippen LogP contribution in [-0.4, -0.2) is 37.0 Å². The molecule has 1 aliphatic heterocycles. The SMILES string of the molecule is Cc1ccc(O[C@H]2CCc3cc(C(O)(CF)CF)ccc3N(C(=O)[C@@H](C)c3ccccc3)C2)c(C)c1. The molecule has 1 heterocycles. The van der Waals surface area contributed by atoms with Crippen LogP contribution in [0.2, 0.25) is 0 Å². The summed E-state index contributed by atoms with van der Waals surface area (Å²) in [6, 6.07) is 20.4. The van der Waals surface area contributed by atoms with Crippen molar-refractivity contribution in [1.82, 2.24) is 0 Å². The summed E-state index contributed by atoms with van der Waals surface area (Å²) in [6.07, 6.45) is 0.865. The molecule has 0 bridgehead atoms. The Bertz CT molecular complexity index is 1210. The summed E-state index contributed by atoms with van der Waals surface area (Å²) in [4.78, 5) is 15.5. The molecular formula is C30H33F2NO3. The average molecular weight is 494 g/mol. The highest BCUT2D eigenvalue weighted by molar-refractivity contribution is 5.98. The molecule has 3 aromatic carbocycles. The van der Waals surface area contributed by atoms with Crippen molar-refractivity contribution in [3.8, 4) is 5.75 Å². The minimum Gasteiger partial charge on any atom is -0.488 e. The monoisotopic (exact) mass is 493 g/mol. The Labute approximate surface area is 211 Å². The molecule has 4 nitrogen and oxygen atoms in total. The first-order valence-corrected chi connectivity index (χ1v) is 12.3. The molecule has 1 N–H and O–H groups in total. The zero-order valence-corrected chi connectivity index (χ0v) is 21.0. The van der Waals surface area contributed by atoms with Crippen LogP contribution in [0.5, 0.6) is 5.75 Å². The van der Waals surface area contributed by atoms with Gasteiger partial charge in [-0.3, -0.25) is 4.79 Å². The minimum absolute atomic E-state index is 0.0856. The van der Waals surface area contributed by atoms with Crippen molar-refractivity contribution in [2.24, 2.45) is 0 Å². The van der Waals surface area contributed by atoms with Crippen LogP contribution in [0.1, 0.15) is 47.1 Å². The summed E-state index contributed by atoms with van der Waals surface area (Å²) < 4.78 is 33.5. The predicted molar refractivity (Wildman–Crippen MR) is 138 cm³/mol. The molecule has 0 unspecified atom stereocenters. The van der Waals surface area contributed by atoms with Crippen molar-refractivity contribution in [3.05, 3.63) is 94.5 Å². The van der Waals surface area contributed by atoms with Crippen LogP contribution in [0, 0.1) is 13.8 Å². The van der Waals surface area contributed by atoms with E-state index in [1.807, 2.05) is 63.2 Å². The highest BCUT2D eigenvalue weighted by atomic mass is 19.1. The molecule has 0 fully saturated rings. The molecule has 3 aromatic rings. The van der Waals surface area contributed by atoms with E-state index in [0.717, 1.165) is 28.0 Å². The summed E-state index contributed by atoms with van der Waals surface area (Å²) in [5.41, 5.74) is 2.48. The van der Waals surface area contributed by atoms with Crippen molar-refractivity contribution >= 4 is 11.6 Å². The Morgan fingerprint density at radius 3 is 2.47 bits per heavy atom. The molecule has 190 valence electrons. The second-order valence-electron chi connectivity index (χ2n) is 9.77. The fourth-order valence-electron chi connectivity index (χ4n) is 4.77. The lowest BCUT2D eigenvalue weighted by atomic mass is 9.92. The molecule has 0 radical (unpaired) electrons. The van der Waals surface area contributed by atoms with Crippen molar-refractivity contribution in [2.45, 2.75) is 51.2 Å².